The molecule has 0 radical (unpaired) electrons. The van der Waals surface area contributed by atoms with Gasteiger partial charge in [0.2, 0.25) is 0 Å². The number of hydrogen-bond acceptors (Lipinski definition) is 4. The number of aliphatic hydroxyl groups is 1. The first-order valence-electron chi connectivity index (χ1n) is 5.96. The van der Waals surface area contributed by atoms with Crippen LogP contribution in [-0.2, 0) is 14.3 Å². The van der Waals surface area contributed by atoms with Crippen LogP contribution in [0.4, 0.5) is 0 Å². The van der Waals surface area contributed by atoms with Crippen LogP contribution < -0.4 is 0 Å². The fourth-order valence-electron chi connectivity index (χ4n) is 1.92. The van der Waals surface area contributed by atoms with Gasteiger partial charge in [0.25, 0.3) is 0 Å². The molecule has 0 aromatic carbocycles. The molecule has 0 fully saturated rings. The van der Waals surface area contributed by atoms with Crippen LogP contribution >= 0.6 is 0 Å². The Balaban J connectivity index is 5.11. The minimum atomic E-state index is -1.52. The Bertz CT molecular complexity index is 264. The molecule has 17 heavy (non-hydrogen) atoms. The lowest BCUT2D eigenvalue weighted by atomic mass is 9.76. The maximum Gasteiger partial charge on any atom is 0.323 e. The topological polar surface area (TPSA) is 83.8 Å². The van der Waals surface area contributed by atoms with E-state index in [9.17, 15) is 14.7 Å². The second-order valence-electron chi connectivity index (χ2n) is 4.35. The molecule has 100 valence electrons. The molecule has 2 unspecified atom stereocenters. The van der Waals surface area contributed by atoms with Crippen LogP contribution in [0.5, 0.6) is 0 Å². The first-order valence-corrected chi connectivity index (χ1v) is 5.96. The van der Waals surface area contributed by atoms with Crippen LogP contribution in [0.2, 0.25) is 0 Å². The average Bonchev–Trinajstić information content (AvgIpc) is 2.28. The summed E-state index contributed by atoms with van der Waals surface area (Å²) < 4.78 is 4.87. The summed E-state index contributed by atoms with van der Waals surface area (Å²) in [4.78, 5) is 23.3. The molecule has 0 spiro atoms. The summed E-state index contributed by atoms with van der Waals surface area (Å²) >= 11 is 0. The van der Waals surface area contributed by atoms with Crippen molar-refractivity contribution in [3.63, 3.8) is 0 Å². The normalized spacial score (nSPS) is 16.0. The lowest BCUT2D eigenvalue weighted by molar-refractivity contribution is -0.171. The van der Waals surface area contributed by atoms with Crippen LogP contribution in [0.1, 0.15) is 40.0 Å². The number of rotatable bonds is 8. The SMILES string of the molecule is CCCC(CC(C)CO)(C(=O)O)C(=O)OCC. The highest BCUT2D eigenvalue weighted by Crippen LogP contribution is 2.34. The molecule has 0 aliphatic rings. The average molecular weight is 246 g/mol. The van der Waals surface area contributed by atoms with Crippen molar-refractivity contribution in [2.45, 2.75) is 40.0 Å². The van der Waals surface area contributed by atoms with Crippen LogP contribution in [0.15, 0.2) is 0 Å². The lowest BCUT2D eigenvalue weighted by Crippen LogP contribution is -2.42. The minimum Gasteiger partial charge on any atom is -0.480 e. The van der Waals surface area contributed by atoms with Crippen molar-refractivity contribution >= 4 is 11.9 Å². The number of ether oxygens (including phenoxy) is 1. The van der Waals surface area contributed by atoms with Crippen LogP contribution in [0, 0.1) is 11.3 Å². The maximum absolute atomic E-state index is 11.9. The van der Waals surface area contributed by atoms with Crippen molar-refractivity contribution in [2.75, 3.05) is 13.2 Å². The summed E-state index contributed by atoms with van der Waals surface area (Å²) in [5.74, 6) is -2.12. The second kappa shape index (κ2) is 7.27. The Morgan fingerprint density at radius 2 is 1.94 bits per heavy atom. The van der Waals surface area contributed by atoms with Gasteiger partial charge in [0.05, 0.1) is 6.61 Å². The van der Waals surface area contributed by atoms with Crippen LogP contribution in [-0.4, -0.2) is 35.4 Å². The van der Waals surface area contributed by atoms with E-state index in [1.165, 1.54) is 0 Å². The van der Waals surface area contributed by atoms with Gasteiger partial charge in [-0.3, -0.25) is 9.59 Å². The van der Waals surface area contributed by atoms with E-state index in [0.717, 1.165) is 0 Å². The number of aliphatic hydroxyl groups excluding tert-OH is 1. The summed E-state index contributed by atoms with van der Waals surface area (Å²) in [6, 6.07) is 0. The second-order valence-corrected chi connectivity index (χ2v) is 4.35. The fourth-order valence-corrected chi connectivity index (χ4v) is 1.92. The van der Waals surface area contributed by atoms with Gasteiger partial charge in [0, 0.05) is 6.61 Å². The zero-order valence-corrected chi connectivity index (χ0v) is 10.7. The smallest absolute Gasteiger partial charge is 0.323 e. The first kappa shape index (κ1) is 15.9. The zero-order chi connectivity index (χ0) is 13.5. The van der Waals surface area contributed by atoms with Crippen molar-refractivity contribution < 1.29 is 24.5 Å². The maximum atomic E-state index is 11.9. The van der Waals surface area contributed by atoms with Gasteiger partial charge in [-0.05, 0) is 25.7 Å². The first-order chi connectivity index (χ1) is 7.94. The standard InChI is InChI=1S/C12H22O5/c1-4-6-12(10(14)15,7-9(3)8-13)11(16)17-5-2/h9,13H,4-8H2,1-3H3,(H,14,15). The highest BCUT2D eigenvalue weighted by molar-refractivity contribution is 5.99. The number of hydrogen-bond donors (Lipinski definition) is 2. The monoisotopic (exact) mass is 246 g/mol. The van der Waals surface area contributed by atoms with E-state index in [1.807, 2.05) is 6.92 Å². The quantitative estimate of drug-likeness (QED) is 0.500. The third kappa shape index (κ3) is 4.00. The number of carboxylic acids is 1. The number of aliphatic carboxylic acids is 1. The lowest BCUT2D eigenvalue weighted by Gasteiger charge is -2.28. The van der Waals surface area contributed by atoms with Gasteiger partial charge in [-0.15, -0.1) is 0 Å². The molecule has 5 nitrogen and oxygen atoms in total. The number of carboxylic acid groups (broad SMARTS) is 1. The van der Waals surface area contributed by atoms with E-state index in [0.29, 0.717) is 6.42 Å². The molecule has 0 saturated carbocycles. The molecule has 0 aliphatic heterocycles. The third-order valence-corrected chi connectivity index (χ3v) is 2.76. The van der Waals surface area contributed by atoms with E-state index in [2.05, 4.69) is 0 Å². The molecule has 0 amide bonds. The van der Waals surface area contributed by atoms with E-state index in [4.69, 9.17) is 9.84 Å². The Hall–Kier alpha value is -1.10. The molecule has 0 aromatic rings. The van der Waals surface area contributed by atoms with E-state index >= 15 is 0 Å². The molecular formula is C12H22O5. The zero-order valence-electron chi connectivity index (χ0n) is 10.7. The van der Waals surface area contributed by atoms with Crippen LogP contribution in [0.3, 0.4) is 0 Å². The molecule has 5 heteroatoms. The summed E-state index contributed by atoms with van der Waals surface area (Å²) in [6.45, 7) is 5.20. The Kier molecular flexibility index (Phi) is 6.80. The highest BCUT2D eigenvalue weighted by atomic mass is 16.5. The molecule has 0 heterocycles. The fraction of sp³-hybridized carbons (Fsp3) is 0.833. The largest absolute Gasteiger partial charge is 0.480 e. The molecule has 2 N–H and O–H groups in total. The summed E-state index contributed by atoms with van der Waals surface area (Å²) in [6.07, 6.45) is 0.903. The van der Waals surface area contributed by atoms with Crippen molar-refractivity contribution in [3.05, 3.63) is 0 Å². The van der Waals surface area contributed by atoms with Crippen molar-refractivity contribution in [1.29, 1.82) is 0 Å². The summed E-state index contributed by atoms with van der Waals surface area (Å²) in [5, 5.41) is 18.3. The molecule has 0 rings (SSSR count). The third-order valence-electron chi connectivity index (χ3n) is 2.76. The summed E-state index contributed by atoms with van der Waals surface area (Å²) in [7, 11) is 0. The number of carbonyl (C=O) groups excluding carboxylic acids is 1. The Morgan fingerprint density at radius 1 is 1.35 bits per heavy atom. The molecule has 0 aromatic heterocycles. The molecule has 2 atom stereocenters. The van der Waals surface area contributed by atoms with Crippen molar-refractivity contribution in [2.24, 2.45) is 11.3 Å². The van der Waals surface area contributed by atoms with Gasteiger partial charge >= 0.3 is 11.9 Å². The van der Waals surface area contributed by atoms with Crippen molar-refractivity contribution in [3.8, 4) is 0 Å². The van der Waals surface area contributed by atoms with Gasteiger partial charge in [-0.1, -0.05) is 20.3 Å². The minimum absolute atomic E-state index is 0.103. The highest BCUT2D eigenvalue weighted by Gasteiger charge is 2.47. The predicted octanol–water partition coefficient (Wildman–Crippen LogP) is 1.44. The number of esters is 1. The van der Waals surface area contributed by atoms with Gasteiger partial charge in [-0.2, -0.15) is 0 Å². The van der Waals surface area contributed by atoms with Crippen molar-refractivity contribution in [1.82, 2.24) is 0 Å². The molecule has 0 bridgehead atoms. The van der Waals surface area contributed by atoms with E-state index in [1.54, 1.807) is 13.8 Å². The van der Waals surface area contributed by atoms with Gasteiger partial charge in [0.1, 0.15) is 0 Å². The molecule has 0 aliphatic carbocycles. The predicted molar refractivity (Wildman–Crippen MR) is 62.5 cm³/mol. The molecule has 0 saturated heterocycles. The van der Waals surface area contributed by atoms with Gasteiger partial charge in [-0.25, -0.2) is 0 Å². The Morgan fingerprint density at radius 3 is 2.29 bits per heavy atom. The summed E-state index contributed by atoms with van der Waals surface area (Å²) in [5.41, 5.74) is -1.52. The van der Waals surface area contributed by atoms with Gasteiger partial charge < -0.3 is 14.9 Å². The van der Waals surface area contributed by atoms with E-state index in [-0.39, 0.29) is 32.0 Å². The molecular weight excluding hydrogens is 224 g/mol. The number of carbonyl (C=O) groups is 2. The van der Waals surface area contributed by atoms with Gasteiger partial charge in [0.15, 0.2) is 5.41 Å². The van der Waals surface area contributed by atoms with E-state index < -0.39 is 17.4 Å². The van der Waals surface area contributed by atoms with Crippen LogP contribution in [0.25, 0.3) is 0 Å². The Labute approximate surface area is 102 Å².